The summed E-state index contributed by atoms with van der Waals surface area (Å²) in [5, 5.41) is 21.5. The smallest absolute Gasteiger partial charge is 0.550 e. The van der Waals surface area contributed by atoms with Crippen LogP contribution in [0.2, 0.25) is 0 Å². The number of carboxylic acids is 2. The molecule has 0 saturated carbocycles. The zero-order valence-electron chi connectivity index (χ0n) is 35.3. The van der Waals surface area contributed by atoms with E-state index in [4.69, 9.17) is 11.5 Å². The van der Waals surface area contributed by atoms with Gasteiger partial charge in [0, 0.05) is 49.2 Å². The van der Waals surface area contributed by atoms with Gasteiger partial charge in [0.1, 0.15) is 0 Å². The molecule has 59 heavy (non-hydrogen) atoms. The van der Waals surface area contributed by atoms with E-state index in [0.29, 0.717) is 48.9 Å². The average Bonchev–Trinajstić information content (AvgIpc) is 3.21. The molecule has 0 unspecified atom stereocenters. The molecule has 0 radical (unpaired) electrons. The quantitative estimate of drug-likeness (QED) is 0.163. The molecule has 2 fully saturated rings. The topological polar surface area (TPSA) is 170 Å². The predicted octanol–water partition coefficient (Wildman–Crippen LogP) is 2.33. The first-order valence-electron chi connectivity index (χ1n) is 20.4. The Hall–Kier alpha value is -4.32. The third-order valence-electron chi connectivity index (χ3n) is 13.0. The number of piperidine rings is 2. The summed E-state index contributed by atoms with van der Waals surface area (Å²) in [4.78, 5) is 51.2. The number of hydrogen-bond acceptors (Lipinski definition) is 7. The molecule has 5 N–H and O–H groups in total. The van der Waals surface area contributed by atoms with E-state index in [1.54, 1.807) is 12.1 Å². The number of carbonyl (C=O) groups excluding carboxylic acids is 3. The second-order valence-electron chi connectivity index (χ2n) is 17.0. The van der Waals surface area contributed by atoms with Crippen molar-refractivity contribution >= 4 is 23.8 Å². The number of benzene rings is 4. The fourth-order valence-electron chi connectivity index (χ4n) is 8.75. The number of carbonyl (C=O) groups is 4. The van der Waals surface area contributed by atoms with Gasteiger partial charge in [-0.15, -0.1) is 0 Å². The van der Waals surface area contributed by atoms with Gasteiger partial charge >= 0.3 is 35.5 Å². The third-order valence-corrected chi connectivity index (χ3v) is 13.0. The largest absolute Gasteiger partial charge is 1.00 e. The summed E-state index contributed by atoms with van der Waals surface area (Å²) in [6.07, 6.45) is 2.82. The molecule has 2 aliphatic heterocycles. The molecule has 0 bridgehead atoms. The molecule has 4 aromatic carbocycles. The van der Waals surface area contributed by atoms with Gasteiger partial charge in [-0.2, -0.15) is 0 Å². The Morgan fingerprint density at radius 3 is 1.41 bits per heavy atom. The van der Waals surface area contributed by atoms with Crippen LogP contribution in [0.3, 0.4) is 0 Å². The molecule has 0 aromatic heterocycles. The molecule has 2 amide bonds. The molecule has 0 aliphatic carbocycles. The second-order valence-corrected chi connectivity index (χ2v) is 17.0. The van der Waals surface area contributed by atoms with Crippen LogP contribution in [-0.2, 0) is 33.3 Å². The Balaban J connectivity index is 0.000000256. The van der Waals surface area contributed by atoms with Gasteiger partial charge < -0.3 is 36.3 Å². The van der Waals surface area contributed by atoms with Crippen molar-refractivity contribution in [3.05, 3.63) is 143 Å². The summed E-state index contributed by atoms with van der Waals surface area (Å²) >= 11 is 0. The minimum absolute atomic E-state index is 0. The van der Waals surface area contributed by atoms with Crippen molar-refractivity contribution in [2.24, 2.45) is 35.1 Å². The van der Waals surface area contributed by atoms with Crippen LogP contribution in [0, 0.1) is 23.7 Å². The summed E-state index contributed by atoms with van der Waals surface area (Å²) in [7, 11) is 0. The molecule has 2 saturated heterocycles. The van der Waals surface area contributed by atoms with Crippen LogP contribution in [0.15, 0.2) is 109 Å². The fourth-order valence-corrected chi connectivity index (χ4v) is 8.75. The number of aliphatic carboxylic acids is 2. The predicted molar refractivity (Wildman–Crippen MR) is 225 cm³/mol. The Morgan fingerprint density at radius 2 is 1.05 bits per heavy atom. The first-order valence-corrected chi connectivity index (χ1v) is 20.4. The van der Waals surface area contributed by atoms with Crippen molar-refractivity contribution in [1.29, 1.82) is 0 Å². The normalized spacial score (nSPS) is 23.1. The van der Waals surface area contributed by atoms with E-state index in [1.807, 2.05) is 84.9 Å². The standard InChI is InChI=1S/2C24H30N2O3.Na/c2*1-17-15-26(16-20(23(28)29)13-18-7-4-3-5-8-18)12-11-24(17,2)21-10-6-9-19(14-21)22(25)27;/h2*3-10,14,17,20H,11-13,15-16H2,1-2H3,(H2,25,27)(H,28,29);/q;;+1/p-1/t2*17-,20-,24+;/m00./s1. The first-order chi connectivity index (χ1) is 27.6. The maximum absolute atomic E-state index is 11.8. The Bertz CT molecular complexity index is 1890. The van der Waals surface area contributed by atoms with Crippen LogP contribution in [0.5, 0.6) is 0 Å². The van der Waals surface area contributed by atoms with Gasteiger partial charge in [-0.05, 0) is 108 Å². The van der Waals surface area contributed by atoms with Gasteiger partial charge in [-0.1, -0.05) is 113 Å². The van der Waals surface area contributed by atoms with E-state index in [-0.39, 0.29) is 40.4 Å². The number of rotatable bonds is 14. The summed E-state index contributed by atoms with van der Waals surface area (Å²) in [5.74, 6) is -2.90. The van der Waals surface area contributed by atoms with Gasteiger partial charge in [0.15, 0.2) is 0 Å². The van der Waals surface area contributed by atoms with E-state index >= 15 is 0 Å². The summed E-state index contributed by atoms with van der Waals surface area (Å²) < 4.78 is 0. The van der Waals surface area contributed by atoms with E-state index in [9.17, 15) is 29.4 Å². The van der Waals surface area contributed by atoms with Crippen molar-refractivity contribution < 1.29 is 58.9 Å². The maximum Gasteiger partial charge on any atom is 1.00 e. The van der Waals surface area contributed by atoms with Gasteiger partial charge in [0.05, 0.1) is 5.92 Å². The SMILES string of the molecule is C[C@H]1CN(C[C@H](Cc2ccccc2)C(=O)O)CC[C@@]1(C)c1cccc(C(N)=O)c1.C[C@H]1CN(C[C@H](Cc2ccccc2)C(=O)[O-])CC[C@@]1(C)c1cccc(C(N)=O)c1.[Na+]. The summed E-state index contributed by atoms with van der Waals surface area (Å²) in [6.45, 7) is 13.1. The molecule has 6 atom stereocenters. The van der Waals surface area contributed by atoms with Crippen LogP contribution in [0.4, 0.5) is 0 Å². The Morgan fingerprint density at radius 1 is 0.661 bits per heavy atom. The third kappa shape index (κ3) is 12.4. The van der Waals surface area contributed by atoms with Gasteiger partial charge in [0.2, 0.25) is 11.8 Å². The molecule has 10 nitrogen and oxygen atoms in total. The molecule has 11 heteroatoms. The monoisotopic (exact) mass is 810 g/mol. The molecule has 2 heterocycles. The van der Waals surface area contributed by atoms with Crippen LogP contribution < -0.4 is 46.1 Å². The van der Waals surface area contributed by atoms with Gasteiger partial charge in [-0.3, -0.25) is 14.4 Å². The second kappa shape index (κ2) is 21.3. The van der Waals surface area contributed by atoms with Crippen molar-refractivity contribution in [1.82, 2.24) is 9.80 Å². The fraction of sp³-hybridized carbons (Fsp3) is 0.417. The minimum atomic E-state index is -0.996. The Kier molecular flexibility index (Phi) is 17.1. The maximum atomic E-state index is 11.8. The molecule has 0 spiro atoms. The number of nitrogens with two attached hydrogens (primary N) is 2. The van der Waals surface area contributed by atoms with Crippen molar-refractivity contribution in [2.75, 3.05) is 39.3 Å². The first kappa shape index (κ1) is 47.4. The molecular formula is C48H59N4NaO6. The van der Waals surface area contributed by atoms with E-state index in [0.717, 1.165) is 61.3 Å². The number of likely N-dealkylation sites (tertiary alicyclic amines) is 2. The van der Waals surface area contributed by atoms with Gasteiger partial charge in [0.25, 0.3) is 0 Å². The Labute approximate surface area is 371 Å². The van der Waals surface area contributed by atoms with Crippen LogP contribution in [-0.4, -0.2) is 77.9 Å². The van der Waals surface area contributed by atoms with Crippen molar-refractivity contribution in [3.63, 3.8) is 0 Å². The summed E-state index contributed by atoms with van der Waals surface area (Å²) in [6, 6.07) is 34.7. The van der Waals surface area contributed by atoms with Gasteiger partial charge in [-0.25, -0.2) is 0 Å². The molecule has 6 rings (SSSR count). The number of hydrogen-bond donors (Lipinski definition) is 3. The number of amides is 2. The van der Waals surface area contributed by atoms with Crippen LogP contribution in [0.25, 0.3) is 0 Å². The zero-order valence-corrected chi connectivity index (χ0v) is 37.3. The molecule has 308 valence electrons. The number of nitrogens with zero attached hydrogens (tertiary/aromatic N) is 2. The molecule has 2 aliphatic rings. The van der Waals surface area contributed by atoms with Crippen molar-refractivity contribution in [2.45, 2.75) is 64.2 Å². The number of primary amides is 2. The average molecular weight is 811 g/mol. The number of carboxylic acid groups (broad SMARTS) is 2. The minimum Gasteiger partial charge on any atom is -0.550 e. The van der Waals surface area contributed by atoms with E-state index in [1.165, 1.54) is 0 Å². The van der Waals surface area contributed by atoms with E-state index in [2.05, 4.69) is 49.6 Å². The van der Waals surface area contributed by atoms with Crippen LogP contribution >= 0.6 is 0 Å². The van der Waals surface area contributed by atoms with Crippen LogP contribution in [0.1, 0.15) is 83.5 Å². The molecule has 4 aromatic rings. The zero-order chi connectivity index (χ0) is 42.0. The molecular weight excluding hydrogens is 752 g/mol. The van der Waals surface area contributed by atoms with Crippen molar-refractivity contribution in [3.8, 4) is 0 Å². The summed E-state index contributed by atoms with van der Waals surface area (Å²) in [5.41, 5.74) is 16.1. The van der Waals surface area contributed by atoms with E-state index < -0.39 is 35.6 Å².